The fourth-order valence-electron chi connectivity index (χ4n) is 1.63. The van der Waals surface area contributed by atoms with E-state index in [1.807, 2.05) is 6.07 Å². The fraction of sp³-hybridized carbons (Fsp3) is 0.375. The first kappa shape index (κ1) is 9.04. The molecule has 0 radical (unpaired) electrons. The van der Waals surface area contributed by atoms with Gasteiger partial charge in [0.2, 0.25) is 0 Å². The lowest BCUT2D eigenvalue weighted by Gasteiger charge is -2.29. The van der Waals surface area contributed by atoms with Gasteiger partial charge in [0.15, 0.2) is 5.96 Å². The second kappa shape index (κ2) is 3.00. The van der Waals surface area contributed by atoms with Crippen LogP contribution in [0.5, 0.6) is 0 Å². The lowest BCUT2D eigenvalue weighted by atomic mass is 9.99. The molecule has 1 unspecified atom stereocenters. The summed E-state index contributed by atoms with van der Waals surface area (Å²) in [7, 11) is 0. The number of fused-ring (bicyclic) bond motifs is 1. The van der Waals surface area contributed by atoms with Crippen molar-refractivity contribution in [2.75, 3.05) is 11.9 Å². The Kier molecular flexibility index (Phi) is 1.94. The second-order valence-electron chi connectivity index (χ2n) is 3.29. The molecule has 0 aromatic carbocycles. The molecule has 0 saturated heterocycles. The Morgan fingerprint density at radius 2 is 2.36 bits per heavy atom. The number of nitrogens with zero attached hydrogens (tertiary/aromatic N) is 1. The Hall–Kier alpha value is -1.53. The van der Waals surface area contributed by atoms with E-state index >= 15 is 0 Å². The van der Waals surface area contributed by atoms with Crippen LogP contribution >= 0.6 is 0 Å². The Morgan fingerprint density at radius 1 is 1.57 bits per heavy atom. The zero-order valence-electron chi connectivity index (χ0n) is 7.62. The number of aromatic nitrogens is 1. The zero-order valence-corrected chi connectivity index (χ0v) is 7.62. The standard InChI is InChI=1S/C8H13N5O/c9-7-12-6-5(1-3-11-6)8(10,13-7)2-4-14/h1,3,11,14H,2,4,10H2,(H3,9,12,13). The van der Waals surface area contributed by atoms with E-state index in [-0.39, 0.29) is 12.6 Å². The van der Waals surface area contributed by atoms with Crippen LogP contribution in [0.15, 0.2) is 17.3 Å². The first-order valence-corrected chi connectivity index (χ1v) is 4.36. The quantitative estimate of drug-likeness (QED) is 0.427. The van der Waals surface area contributed by atoms with Crippen molar-refractivity contribution in [1.82, 2.24) is 4.98 Å². The third kappa shape index (κ3) is 1.24. The van der Waals surface area contributed by atoms with Crippen molar-refractivity contribution < 1.29 is 5.11 Å². The smallest absolute Gasteiger partial charge is 0.196 e. The van der Waals surface area contributed by atoms with Crippen LogP contribution in [0.2, 0.25) is 0 Å². The first-order chi connectivity index (χ1) is 6.65. The van der Waals surface area contributed by atoms with Gasteiger partial charge in [0.25, 0.3) is 0 Å². The summed E-state index contributed by atoms with van der Waals surface area (Å²) in [5, 5.41) is 11.8. The molecule has 0 fully saturated rings. The lowest BCUT2D eigenvalue weighted by Crippen LogP contribution is -2.43. The predicted molar refractivity (Wildman–Crippen MR) is 53.6 cm³/mol. The van der Waals surface area contributed by atoms with Crippen LogP contribution in [0, 0.1) is 0 Å². The number of aliphatic hydroxyl groups is 1. The molecular formula is C8H13N5O. The van der Waals surface area contributed by atoms with E-state index in [2.05, 4.69) is 15.3 Å². The largest absolute Gasteiger partial charge is 0.396 e. The zero-order chi connectivity index (χ0) is 10.2. The van der Waals surface area contributed by atoms with Crippen LogP contribution in [0.4, 0.5) is 5.82 Å². The third-order valence-electron chi connectivity index (χ3n) is 2.28. The topological polar surface area (TPSA) is 112 Å². The summed E-state index contributed by atoms with van der Waals surface area (Å²) in [6, 6.07) is 1.83. The molecule has 2 rings (SSSR count). The molecule has 1 atom stereocenters. The van der Waals surface area contributed by atoms with E-state index in [1.54, 1.807) is 6.20 Å². The normalized spacial score (nSPS) is 25.1. The van der Waals surface area contributed by atoms with Gasteiger partial charge in [0.05, 0.1) is 0 Å². The van der Waals surface area contributed by atoms with E-state index < -0.39 is 5.66 Å². The SMILES string of the molecule is NC1=NC(N)(CCO)c2cc[nH]c2N1. The highest BCUT2D eigenvalue weighted by Crippen LogP contribution is 2.32. The van der Waals surface area contributed by atoms with E-state index in [4.69, 9.17) is 16.6 Å². The number of anilines is 1. The summed E-state index contributed by atoms with van der Waals surface area (Å²) in [5.74, 6) is 1.00. The molecule has 7 N–H and O–H groups in total. The van der Waals surface area contributed by atoms with Crippen LogP contribution in [0.25, 0.3) is 0 Å². The number of aliphatic imine (C=N–C) groups is 1. The number of nitrogens with one attached hydrogen (secondary N) is 2. The molecule has 14 heavy (non-hydrogen) atoms. The van der Waals surface area contributed by atoms with Gasteiger partial charge >= 0.3 is 0 Å². The van der Waals surface area contributed by atoms with Crippen LogP contribution in [0.3, 0.4) is 0 Å². The third-order valence-corrected chi connectivity index (χ3v) is 2.28. The first-order valence-electron chi connectivity index (χ1n) is 4.36. The molecule has 1 aromatic heterocycles. The summed E-state index contributed by atoms with van der Waals surface area (Å²) in [6.07, 6.45) is 2.10. The number of nitrogens with two attached hydrogens (primary N) is 2. The molecule has 76 valence electrons. The van der Waals surface area contributed by atoms with Gasteiger partial charge < -0.3 is 26.9 Å². The maximum atomic E-state index is 8.91. The van der Waals surface area contributed by atoms with Crippen LogP contribution in [-0.2, 0) is 5.66 Å². The highest BCUT2D eigenvalue weighted by Gasteiger charge is 2.33. The van der Waals surface area contributed by atoms with E-state index in [1.165, 1.54) is 0 Å². The summed E-state index contributed by atoms with van der Waals surface area (Å²) in [6.45, 7) is -0.0299. The van der Waals surface area contributed by atoms with Crippen molar-refractivity contribution in [1.29, 1.82) is 0 Å². The van der Waals surface area contributed by atoms with Crippen molar-refractivity contribution in [2.45, 2.75) is 12.1 Å². The number of aliphatic hydroxyl groups excluding tert-OH is 1. The molecule has 1 aliphatic rings. The predicted octanol–water partition coefficient (Wildman–Crippen LogP) is -0.751. The van der Waals surface area contributed by atoms with Gasteiger partial charge in [-0.05, 0) is 6.07 Å². The average molecular weight is 195 g/mol. The van der Waals surface area contributed by atoms with Gasteiger partial charge in [0.1, 0.15) is 11.5 Å². The van der Waals surface area contributed by atoms with Crippen molar-refractivity contribution >= 4 is 11.8 Å². The second-order valence-corrected chi connectivity index (χ2v) is 3.29. The molecule has 0 bridgehead atoms. The van der Waals surface area contributed by atoms with Gasteiger partial charge in [-0.2, -0.15) is 0 Å². The van der Waals surface area contributed by atoms with Crippen LogP contribution in [-0.4, -0.2) is 22.7 Å². The maximum absolute atomic E-state index is 8.91. The molecule has 0 spiro atoms. The molecule has 1 aliphatic heterocycles. The molecule has 0 saturated carbocycles. The summed E-state index contributed by atoms with van der Waals surface area (Å²) in [5.41, 5.74) is 11.5. The molecule has 0 amide bonds. The highest BCUT2D eigenvalue weighted by molar-refractivity contribution is 5.94. The van der Waals surface area contributed by atoms with Gasteiger partial charge in [0, 0.05) is 24.8 Å². The van der Waals surface area contributed by atoms with Gasteiger partial charge in [-0.1, -0.05) is 0 Å². The van der Waals surface area contributed by atoms with Crippen LogP contribution < -0.4 is 16.8 Å². The molecule has 6 heteroatoms. The van der Waals surface area contributed by atoms with Gasteiger partial charge in [-0.3, -0.25) is 0 Å². The Balaban J connectivity index is 2.44. The molecule has 2 heterocycles. The summed E-state index contributed by atoms with van der Waals surface area (Å²) in [4.78, 5) is 7.07. The Bertz CT molecular complexity index is 372. The number of aromatic amines is 1. The Labute approximate surface area is 81.0 Å². The molecular weight excluding hydrogens is 182 g/mol. The van der Waals surface area contributed by atoms with E-state index in [0.29, 0.717) is 6.42 Å². The van der Waals surface area contributed by atoms with E-state index in [9.17, 15) is 0 Å². The minimum absolute atomic E-state index is 0.0299. The number of hydrogen-bond acceptors (Lipinski definition) is 5. The number of guanidine groups is 1. The summed E-state index contributed by atoms with van der Waals surface area (Å²) >= 11 is 0. The average Bonchev–Trinajstić information content (AvgIpc) is 2.52. The number of H-pyrrole nitrogens is 1. The van der Waals surface area contributed by atoms with Crippen LogP contribution in [0.1, 0.15) is 12.0 Å². The van der Waals surface area contributed by atoms with Crippen molar-refractivity contribution in [3.05, 3.63) is 17.8 Å². The van der Waals surface area contributed by atoms with E-state index in [0.717, 1.165) is 11.4 Å². The van der Waals surface area contributed by atoms with Crippen molar-refractivity contribution in [2.24, 2.45) is 16.5 Å². The minimum atomic E-state index is -0.917. The van der Waals surface area contributed by atoms with Gasteiger partial charge in [-0.25, -0.2) is 4.99 Å². The maximum Gasteiger partial charge on any atom is 0.196 e. The summed E-state index contributed by atoms with van der Waals surface area (Å²) < 4.78 is 0. The molecule has 1 aromatic rings. The lowest BCUT2D eigenvalue weighted by molar-refractivity contribution is 0.242. The minimum Gasteiger partial charge on any atom is -0.396 e. The van der Waals surface area contributed by atoms with Gasteiger partial charge in [-0.15, -0.1) is 0 Å². The van der Waals surface area contributed by atoms with Crippen molar-refractivity contribution in [3.63, 3.8) is 0 Å². The van der Waals surface area contributed by atoms with Crippen molar-refractivity contribution in [3.8, 4) is 0 Å². The monoisotopic (exact) mass is 195 g/mol. The molecule has 6 nitrogen and oxygen atoms in total. The molecule has 0 aliphatic carbocycles. The number of rotatable bonds is 2. The Morgan fingerprint density at radius 3 is 3.07 bits per heavy atom. The highest BCUT2D eigenvalue weighted by atomic mass is 16.3. The number of hydrogen-bond donors (Lipinski definition) is 5. The fourth-order valence-corrected chi connectivity index (χ4v) is 1.63.